The minimum atomic E-state index is -0.563. The normalized spacial score (nSPS) is 12.5. The topological polar surface area (TPSA) is 49.7 Å². The molecule has 1 atom stereocenters. The van der Waals surface area contributed by atoms with E-state index in [2.05, 4.69) is 0 Å². The molecule has 0 bridgehead atoms. The molecule has 3 nitrogen and oxygen atoms in total. The van der Waals surface area contributed by atoms with Gasteiger partial charge >= 0.3 is 0 Å². The van der Waals surface area contributed by atoms with Crippen molar-refractivity contribution in [3.8, 4) is 5.75 Å². The van der Waals surface area contributed by atoms with Gasteiger partial charge < -0.3 is 14.9 Å². The molecule has 1 aromatic rings. The van der Waals surface area contributed by atoms with Crippen LogP contribution in [-0.4, -0.2) is 23.9 Å². The summed E-state index contributed by atoms with van der Waals surface area (Å²) in [5.41, 5.74) is 1.89. The molecule has 15 heavy (non-hydrogen) atoms. The maximum atomic E-state index is 9.90. The molecule has 0 heterocycles. The lowest BCUT2D eigenvalue weighted by atomic mass is 10.0. The number of methoxy groups -OCH3 is 1. The SMILES string of the molecule is COc1ccc(C)cc1C(O)CCCO. The summed E-state index contributed by atoms with van der Waals surface area (Å²) in [6.45, 7) is 2.08. The molecule has 0 aliphatic rings. The average Bonchev–Trinajstić information content (AvgIpc) is 2.25. The Bertz CT molecular complexity index is 310. The highest BCUT2D eigenvalue weighted by Crippen LogP contribution is 2.28. The van der Waals surface area contributed by atoms with Gasteiger partial charge in [0.25, 0.3) is 0 Å². The van der Waals surface area contributed by atoms with E-state index in [0.717, 1.165) is 11.1 Å². The van der Waals surface area contributed by atoms with Gasteiger partial charge in [-0.3, -0.25) is 0 Å². The number of ether oxygens (including phenoxy) is 1. The summed E-state index contributed by atoms with van der Waals surface area (Å²) in [7, 11) is 1.59. The number of aryl methyl sites for hydroxylation is 1. The highest BCUT2D eigenvalue weighted by atomic mass is 16.5. The van der Waals surface area contributed by atoms with Crippen LogP contribution in [0.2, 0.25) is 0 Å². The molecule has 2 N–H and O–H groups in total. The Morgan fingerprint density at radius 2 is 2.13 bits per heavy atom. The zero-order chi connectivity index (χ0) is 11.3. The minimum Gasteiger partial charge on any atom is -0.496 e. The molecule has 0 radical (unpaired) electrons. The van der Waals surface area contributed by atoms with Crippen LogP contribution in [0.15, 0.2) is 18.2 Å². The van der Waals surface area contributed by atoms with Crippen LogP contribution in [0.3, 0.4) is 0 Å². The van der Waals surface area contributed by atoms with Gasteiger partial charge in [-0.1, -0.05) is 11.6 Å². The summed E-state index contributed by atoms with van der Waals surface area (Å²) in [6.07, 6.45) is 0.584. The first-order chi connectivity index (χ1) is 7.19. The van der Waals surface area contributed by atoms with Crippen molar-refractivity contribution in [1.82, 2.24) is 0 Å². The van der Waals surface area contributed by atoms with Crippen molar-refractivity contribution in [3.63, 3.8) is 0 Å². The van der Waals surface area contributed by atoms with Crippen LogP contribution < -0.4 is 4.74 Å². The number of hydrogen-bond donors (Lipinski definition) is 2. The molecule has 0 saturated heterocycles. The minimum absolute atomic E-state index is 0.102. The highest BCUT2D eigenvalue weighted by molar-refractivity contribution is 5.38. The second-order valence-electron chi connectivity index (χ2n) is 3.63. The fourth-order valence-corrected chi connectivity index (χ4v) is 1.55. The van der Waals surface area contributed by atoms with Gasteiger partial charge in [-0.25, -0.2) is 0 Å². The third-order valence-electron chi connectivity index (χ3n) is 2.38. The quantitative estimate of drug-likeness (QED) is 0.779. The summed E-state index contributed by atoms with van der Waals surface area (Å²) >= 11 is 0. The van der Waals surface area contributed by atoms with E-state index in [0.29, 0.717) is 18.6 Å². The van der Waals surface area contributed by atoms with Crippen molar-refractivity contribution >= 4 is 0 Å². The number of hydrogen-bond acceptors (Lipinski definition) is 3. The smallest absolute Gasteiger partial charge is 0.124 e. The Labute approximate surface area is 90.3 Å². The number of aliphatic hydroxyl groups excluding tert-OH is 2. The maximum Gasteiger partial charge on any atom is 0.124 e. The zero-order valence-corrected chi connectivity index (χ0v) is 9.23. The van der Waals surface area contributed by atoms with Gasteiger partial charge in [-0.2, -0.15) is 0 Å². The van der Waals surface area contributed by atoms with Crippen LogP contribution in [-0.2, 0) is 0 Å². The van der Waals surface area contributed by atoms with E-state index >= 15 is 0 Å². The molecule has 0 spiro atoms. The van der Waals surface area contributed by atoms with Gasteiger partial charge in [0.05, 0.1) is 13.2 Å². The van der Waals surface area contributed by atoms with Gasteiger partial charge in [0.1, 0.15) is 5.75 Å². The van der Waals surface area contributed by atoms with Gasteiger partial charge in [-0.05, 0) is 31.9 Å². The highest BCUT2D eigenvalue weighted by Gasteiger charge is 2.12. The summed E-state index contributed by atoms with van der Waals surface area (Å²) < 4.78 is 5.18. The van der Waals surface area contributed by atoms with Crippen molar-refractivity contribution in [1.29, 1.82) is 0 Å². The van der Waals surface area contributed by atoms with Crippen LogP contribution in [0.4, 0.5) is 0 Å². The number of rotatable bonds is 5. The van der Waals surface area contributed by atoms with E-state index in [4.69, 9.17) is 9.84 Å². The molecule has 1 aromatic carbocycles. The van der Waals surface area contributed by atoms with E-state index in [1.807, 2.05) is 25.1 Å². The Balaban J connectivity index is 2.85. The van der Waals surface area contributed by atoms with E-state index < -0.39 is 6.10 Å². The third-order valence-corrected chi connectivity index (χ3v) is 2.38. The second-order valence-corrected chi connectivity index (χ2v) is 3.63. The molecule has 1 rings (SSSR count). The molecule has 0 aromatic heterocycles. The molecule has 0 aliphatic carbocycles. The predicted molar refractivity (Wildman–Crippen MR) is 59.0 cm³/mol. The first-order valence-electron chi connectivity index (χ1n) is 5.12. The van der Waals surface area contributed by atoms with Crippen molar-refractivity contribution in [2.24, 2.45) is 0 Å². The van der Waals surface area contributed by atoms with E-state index in [-0.39, 0.29) is 6.61 Å². The lowest BCUT2D eigenvalue weighted by Crippen LogP contribution is -2.02. The number of benzene rings is 1. The zero-order valence-electron chi connectivity index (χ0n) is 9.23. The van der Waals surface area contributed by atoms with Gasteiger partial charge in [0.2, 0.25) is 0 Å². The van der Waals surface area contributed by atoms with Gasteiger partial charge in [-0.15, -0.1) is 0 Å². The van der Waals surface area contributed by atoms with Crippen LogP contribution in [0.25, 0.3) is 0 Å². The molecule has 3 heteroatoms. The summed E-state index contributed by atoms with van der Waals surface area (Å²) in [4.78, 5) is 0. The van der Waals surface area contributed by atoms with Crippen molar-refractivity contribution < 1.29 is 14.9 Å². The molecule has 0 amide bonds. The monoisotopic (exact) mass is 210 g/mol. The molecular weight excluding hydrogens is 192 g/mol. The van der Waals surface area contributed by atoms with Crippen LogP contribution in [0.5, 0.6) is 5.75 Å². The maximum absolute atomic E-state index is 9.90. The molecule has 0 aliphatic heterocycles. The Kier molecular flexibility index (Phi) is 4.59. The fourth-order valence-electron chi connectivity index (χ4n) is 1.55. The van der Waals surface area contributed by atoms with Crippen molar-refractivity contribution in [2.45, 2.75) is 25.9 Å². The molecule has 1 unspecified atom stereocenters. The first-order valence-corrected chi connectivity index (χ1v) is 5.12. The third kappa shape index (κ3) is 3.22. The summed E-state index contributed by atoms with van der Waals surface area (Å²) in [5, 5.41) is 18.6. The largest absolute Gasteiger partial charge is 0.496 e. The van der Waals surface area contributed by atoms with Crippen molar-refractivity contribution in [3.05, 3.63) is 29.3 Å². The molecule has 84 valence electrons. The lowest BCUT2D eigenvalue weighted by Gasteiger charge is -2.15. The van der Waals surface area contributed by atoms with Crippen LogP contribution in [0.1, 0.15) is 30.1 Å². The number of aliphatic hydroxyl groups is 2. The molecule has 0 saturated carbocycles. The van der Waals surface area contributed by atoms with Gasteiger partial charge in [0, 0.05) is 12.2 Å². The Morgan fingerprint density at radius 3 is 2.73 bits per heavy atom. The fraction of sp³-hybridized carbons (Fsp3) is 0.500. The summed E-state index contributed by atoms with van der Waals surface area (Å²) in [6, 6.07) is 5.72. The van der Waals surface area contributed by atoms with E-state index in [9.17, 15) is 5.11 Å². The standard InChI is InChI=1S/C12H18O3/c1-9-5-6-12(15-2)10(8-9)11(14)4-3-7-13/h5-6,8,11,13-14H,3-4,7H2,1-2H3. The summed E-state index contributed by atoms with van der Waals surface area (Å²) in [5.74, 6) is 0.700. The van der Waals surface area contributed by atoms with Crippen molar-refractivity contribution in [2.75, 3.05) is 13.7 Å². The van der Waals surface area contributed by atoms with E-state index in [1.54, 1.807) is 7.11 Å². The predicted octanol–water partition coefficient (Wildman–Crippen LogP) is 1.81. The first kappa shape index (κ1) is 12.0. The van der Waals surface area contributed by atoms with Crippen LogP contribution >= 0.6 is 0 Å². The Hall–Kier alpha value is -1.06. The molecule has 0 fully saturated rings. The van der Waals surface area contributed by atoms with Crippen LogP contribution in [0, 0.1) is 6.92 Å². The van der Waals surface area contributed by atoms with E-state index in [1.165, 1.54) is 0 Å². The van der Waals surface area contributed by atoms with Gasteiger partial charge in [0.15, 0.2) is 0 Å². The lowest BCUT2D eigenvalue weighted by molar-refractivity contribution is 0.148. The second kappa shape index (κ2) is 5.73. The molecular formula is C12H18O3. The average molecular weight is 210 g/mol. The Morgan fingerprint density at radius 1 is 1.40 bits per heavy atom.